The topological polar surface area (TPSA) is 98.7 Å². The molecule has 1 fully saturated rings. The fraction of sp³-hybridized carbons (Fsp3) is 0.619. The lowest BCUT2D eigenvalue weighted by Crippen LogP contribution is -2.36. The summed E-state index contributed by atoms with van der Waals surface area (Å²) in [6, 6.07) is 7.78. The maximum atomic E-state index is 12.0. The quantitative estimate of drug-likeness (QED) is 0.586. The summed E-state index contributed by atoms with van der Waals surface area (Å²) < 4.78 is 0. The van der Waals surface area contributed by atoms with Crippen LogP contribution in [0.2, 0.25) is 0 Å². The highest BCUT2D eigenvalue weighted by Gasteiger charge is 2.29. The second-order valence-corrected chi connectivity index (χ2v) is 8.56. The molecule has 4 N–H and O–H groups in total. The third kappa shape index (κ3) is 6.63. The van der Waals surface area contributed by atoms with Crippen molar-refractivity contribution in [2.45, 2.75) is 65.1 Å². The Hall–Kier alpha value is -1.92. The van der Waals surface area contributed by atoms with Crippen molar-refractivity contribution in [2.75, 3.05) is 6.54 Å². The molecule has 0 bridgehead atoms. The van der Waals surface area contributed by atoms with Crippen LogP contribution in [-0.4, -0.2) is 40.8 Å². The normalized spacial score (nSPS) is 21.5. The number of nitrogens with one attached hydrogen (secondary N) is 2. The van der Waals surface area contributed by atoms with E-state index in [0.29, 0.717) is 17.0 Å². The van der Waals surface area contributed by atoms with E-state index in [1.54, 1.807) is 12.1 Å². The van der Waals surface area contributed by atoms with Gasteiger partial charge in [-0.3, -0.25) is 4.79 Å². The summed E-state index contributed by atoms with van der Waals surface area (Å²) in [5.74, 6) is -0.948. The van der Waals surface area contributed by atoms with Crippen molar-refractivity contribution in [1.82, 2.24) is 10.6 Å². The molecule has 6 heteroatoms. The van der Waals surface area contributed by atoms with E-state index in [-0.39, 0.29) is 6.54 Å². The zero-order chi connectivity index (χ0) is 20.0. The molecule has 0 radical (unpaired) electrons. The Kier molecular flexibility index (Phi) is 7.39. The second-order valence-electron chi connectivity index (χ2n) is 8.56. The first-order valence-corrected chi connectivity index (χ1v) is 9.68. The number of hydrogen-bond donors (Lipinski definition) is 4. The molecule has 0 aromatic heterocycles. The Morgan fingerprint density at radius 1 is 1.11 bits per heavy atom. The van der Waals surface area contributed by atoms with Crippen molar-refractivity contribution in [3.05, 3.63) is 35.4 Å². The third-order valence-electron chi connectivity index (χ3n) is 5.50. The summed E-state index contributed by atoms with van der Waals surface area (Å²) in [5.41, 5.74) is 1.94. The molecule has 27 heavy (non-hydrogen) atoms. The molecule has 1 aliphatic rings. The highest BCUT2D eigenvalue weighted by Crippen LogP contribution is 2.37. The highest BCUT2D eigenvalue weighted by molar-refractivity contribution is 5.94. The molecule has 6 nitrogen and oxygen atoms in total. The summed E-state index contributed by atoms with van der Waals surface area (Å²) >= 11 is 0. The van der Waals surface area contributed by atoms with E-state index in [9.17, 15) is 14.7 Å². The van der Waals surface area contributed by atoms with Crippen LogP contribution in [0, 0.1) is 11.3 Å². The molecule has 150 valence electrons. The van der Waals surface area contributed by atoms with Crippen molar-refractivity contribution in [3.63, 3.8) is 0 Å². The number of carboxylic acids is 1. The molecule has 0 aliphatic heterocycles. The SMILES string of the molecule is CC(C)(C)C1CCC(NCc2ccc(C(=O)NC[C@@H](O)C(=O)O)cc2)CC1. The predicted octanol–water partition coefficient (Wildman–Crippen LogP) is 2.56. The second kappa shape index (κ2) is 9.33. The lowest BCUT2D eigenvalue weighted by atomic mass is 9.71. The van der Waals surface area contributed by atoms with Crippen LogP contribution in [0.4, 0.5) is 0 Å². The molecular formula is C21H32N2O4. The fourth-order valence-electron chi connectivity index (χ4n) is 3.58. The van der Waals surface area contributed by atoms with Gasteiger partial charge in [-0.15, -0.1) is 0 Å². The smallest absolute Gasteiger partial charge is 0.334 e. The molecule has 1 aromatic carbocycles. The van der Waals surface area contributed by atoms with E-state index >= 15 is 0 Å². The van der Waals surface area contributed by atoms with Crippen molar-refractivity contribution < 1.29 is 19.8 Å². The van der Waals surface area contributed by atoms with E-state index in [1.807, 2.05) is 12.1 Å². The number of amides is 1. The maximum Gasteiger partial charge on any atom is 0.334 e. The fourth-order valence-corrected chi connectivity index (χ4v) is 3.58. The Morgan fingerprint density at radius 2 is 1.70 bits per heavy atom. The number of carboxylic acid groups (broad SMARTS) is 1. The lowest BCUT2D eigenvalue weighted by Gasteiger charge is -2.37. The molecule has 2 rings (SSSR count). The molecule has 1 saturated carbocycles. The van der Waals surface area contributed by atoms with Gasteiger partial charge in [0, 0.05) is 18.2 Å². The summed E-state index contributed by atoms with van der Waals surface area (Å²) in [5, 5.41) is 23.8. The molecule has 0 saturated heterocycles. The molecule has 1 atom stereocenters. The van der Waals surface area contributed by atoms with Crippen LogP contribution in [0.15, 0.2) is 24.3 Å². The number of hydrogen-bond acceptors (Lipinski definition) is 4. The van der Waals surface area contributed by atoms with E-state index < -0.39 is 18.0 Å². The predicted molar refractivity (Wildman–Crippen MR) is 104 cm³/mol. The molecule has 1 amide bonds. The maximum absolute atomic E-state index is 12.0. The van der Waals surface area contributed by atoms with Crippen molar-refractivity contribution in [1.29, 1.82) is 0 Å². The molecule has 0 spiro atoms. The minimum atomic E-state index is -1.59. The van der Waals surface area contributed by atoms with Crippen LogP contribution in [0.1, 0.15) is 62.4 Å². The zero-order valence-corrected chi connectivity index (χ0v) is 16.5. The molecule has 0 heterocycles. The highest BCUT2D eigenvalue weighted by atomic mass is 16.4. The monoisotopic (exact) mass is 376 g/mol. The average Bonchev–Trinajstić information content (AvgIpc) is 2.64. The van der Waals surface area contributed by atoms with Gasteiger partial charge >= 0.3 is 5.97 Å². The number of rotatable bonds is 7. The largest absolute Gasteiger partial charge is 0.479 e. The molecular weight excluding hydrogens is 344 g/mol. The number of aliphatic carboxylic acids is 1. The minimum absolute atomic E-state index is 0.311. The van der Waals surface area contributed by atoms with Crippen LogP contribution in [0.5, 0.6) is 0 Å². The van der Waals surface area contributed by atoms with Crippen LogP contribution in [0.3, 0.4) is 0 Å². The van der Waals surface area contributed by atoms with Crippen molar-refractivity contribution >= 4 is 11.9 Å². The summed E-state index contributed by atoms with van der Waals surface area (Å²) in [7, 11) is 0. The van der Waals surface area contributed by atoms with Gasteiger partial charge < -0.3 is 20.8 Å². The van der Waals surface area contributed by atoms with Gasteiger partial charge in [0.1, 0.15) is 0 Å². The summed E-state index contributed by atoms with van der Waals surface area (Å²) in [4.78, 5) is 22.5. The Balaban J connectivity index is 1.76. The van der Waals surface area contributed by atoms with Gasteiger partial charge in [0.05, 0.1) is 6.54 Å². The van der Waals surface area contributed by atoms with Gasteiger partial charge in [0.2, 0.25) is 0 Å². The summed E-state index contributed by atoms with van der Waals surface area (Å²) in [6.07, 6.45) is 3.35. The van der Waals surface area contributed by atoms with E-state index in [1.165, 1.54) is 25.7 Å². The number of aliphatic hydroxyl groups excluding tert-OH is 1. The number of aliphatic hydroxyl groups is 1. The van der Waals surface area contributed by atoms with Crippen LogP contribution >= 0.6 is 0 Å². The Morgan fingerprint density at radius 3 is 2.22 bits per heavy atom. The van der Waals surface area contributed by atoms with Crippen molar-refractivity contribution in [2.24, 2.45) is 11.3 Å². The standard InChI is InChI=1S/C21H32N2O4/c1-21(2,3)16-8-10-17(11-9-16)22-12-14-4-6-15(7-5-14)19(25)23-13-18(24)20(26)27/h4-7,16-18,22,24H,8-13H2,1-3H3,(H,23,25)(H,26,27)/t16?,17?,18-/m1/s1. The number of carbonyl (C=O) groups excluding carboxylic acids is 1. The molecule has 0 unspecified atom stereocenters. The van der Waals surface area contributed by atoms with Crippen molar-refractivity contribution in [3.8, 4) is 0 Å². The van der Waals surface area contributed by atoms with E-state index in [2.05, 4.69) is 31.4 Å². The van der Waals surface area contributed by atoms with Gasteiger partial charge in [0.15, 0.2) is 6.10 Å². The number of carbonyl (C=O) groups is 2. The van der Waals surface area contributed by atoms with Crippen LogP contribution < -0.4 is 10.6 Å². The number of benzene rings is 1. The van der Waals surface area contributed by atoms with E-state index in [0.717, 1.165) is 18.0 Å². The Labute approximate surface area is 161 Å². The first kappa shape index (κ1) is 21.4. The lowest BCUT2D eigenvalue weighted by molar-refractivity contribution is -0.146. The minimum Gasteiger partial charge on any atom is -0.479 e. The zero-order valence-electron chi connectivity index (χ0n) is 16.5. The van der Waals surface area contributed by atoms with Crippen LogP contribution in [0.25, 0.3) is 0 Å². The first-order valence-electron chi connectivity index (χ1n) is 9.68. The van der Waals surface area contributed by atoms with Gasteiger partial charge in [0.25, 0.3) is 5.91 Å². The van der Waals surface area contributed by atoms with Crippen LogP contribution in [-0.2, 0) is 11.3 Å². The third-order valence-corrected chi connectivity index (χ3v) is 5.50. The van der Waals surface area contributed by atoms with Gasteiger partial charge in [-0.25, -0.2) is 4.79 Å². The van der Waals surface area contributed by atoms with Gasteiger partial charge in [-0.2, -0.15) is 0 Å². The Bertz CT molecular complexity index is 629. The summed E-state index contributed by atoms with van der Waals surface area (Å²) in [6.45, 7) is 7.43. The average molecular weight is 376 g/mol. The van der Waals surface area contributed by atoms with E-state index in [4.69, 9.17) is 5.11 Å². The van der Waals surface area contributed by atoms with Gasteiger partial charge in [-0.1, -0.05) is 32.9 Å². The first-order chi connectivity index (χ1) is 12.7. The molecule has 1 aliphatic carbocycles. The van der Waals surface area contributed by atoms with Gasteiger partial charge in [-0.05, 0) is 54.7 Å². The molecule has 1 aromatic rings.